The van der Waals surface area contributed by atoms with Crippen LogP contribution in [-0.4, -0.2) is 73.7 Å². The first-order chi connectivity index (χ1) is 14.7. The van der Waals surface area contributed by atoms with E-state index in [4.69, 9.17) is 9.15 Å². The highest BCUT2D eigenvalue weighted by molar-refractivity contribution is 5.85. The molecular weight excluding hydrogens is 384 g/mol. The zero-order chi connectivity index (χ0) is 20.8. The van der Waals surface area contributed by atoms with E-state index in [2.05, 4.69) is 32.6 Å². The van der Waals surface area contributed by atoms with Crippen LogP contribution < -0.4 is 10.6 Å². The van der Waals surface area contributed by atoms with E-state index in [0.717, 1.165) is 62.3 Å². The Hall–Kier alpha value is -2.58. The molecule has 2 amide bonds. The molecule has 2 saturated heterocycles. The van der Waals surface area contributed by atoms with Gasteiger partial charge in [0.15, 0.2) is 0 Å². The predicted octanol–water partition coefficient (Wildman–Crippen LogP) is 1.95. The number of rotatable bonds is 6. The predicted molar refractivity (Wildman–Crippen MR) is 113 cm³/mol. The monoisotopic (exact) mass is 414 g/mol. The first kappa shape index (κ1) is 20.7. The van der Waals surface area contributed by atoms with Gasteiger partial charge in [0.05, 0.1) is 6.54 Å². The SMILES string of the molecule is O=C(NC1CCCCNC1=O)OCCN1CCN(Cc2cc3ccccc3o2)CC1. The molecule has 1 atom stereocenters. The number of ether oxygens (including phenoxy) is 1. The lowest BCUT2D eigenvalue weighted by Crippen LogP contribution is -2.48. The summed E-state index contributed by atoms with van der Waals surface area (Å²) in [5.41, 5.74) is 0.933. The molecule has 8 heteroatoms. The molecule has 2 N–H and O–H groups in total. The van der Waals surface area contributed by atoms with Gasteiger partial charge >= 0.3 is 6.09 Å². The third-order valence-electron chi connectivity index (χ3n) is 5.79. The molecule has 2 aliphatic rings. The number of carbonyl (C=O) groups is 2. The number of hydrogen-bond acceptors (Lipinski definition) is 6. The molecule has 2 aromatic rings. The average molecular weight is 415 g/mol. The molecule has 162 valence electrons. The van der Waals surface area contributed by atoms with Crippen molar-refractivity contribution in [2.75, 3.05) is 45.9 Å². The molecule has 1 aromatic carbocycles. The molecule has 1 unspecified atom stereocenters. The lowest BCUT2D eigenvalue weighted by molar-refractivity contribution is -0.122. The quantitative estimate of drug-likeness (QED) is 0.751. The van der Waals surface area contributed by atoms with Crippen LogP contribution in [0.3, 0.4) is 0 Å². The third-order valence-corrected chi connectivity index (χ3v) is 5.79. The van der Waals surface area contributed by atoms with Gasteiger partial charge < -0.3 is 19.8 Å². The van der Waals surface area contributed by atoms with Crippen molar-refractivity contribution < 1.29 is 18.7 Å². The summed E-state index contributed by atoms with van der Waals surface area (Å²) in [5, 5.41) is 6.63. The summed E-state index contributed by atoms with van der Waals surface area (Å²) in [4.78, 5) is 28.5. The highest BCUT2D eigenvalue weighted by atomic mass is 16.5. The van der Waals surface area contributed by atoms with Crippen LogP contribution in [-0.2, 0) is 16.1 Å². The fourth-order valence-electron chi connectivity index (χ4n) is 4.03. The number of furan rings is 1. The van der Waals surface area contributed by atoms with Crippen molar-refractivity contribution in [3.05, 3.63) is 36.1 Å². The van der Waals surface area contributed by atoms with Crippen LogP contribution in [0.5, 0.6) is 0 Å². The minimum atomic E-state index is -0.513. The van der Waals surface area contributed by atoms with Crippen LogP contribution in [0, 0.1) is 0 Å². The second kappa shape index (κ2) is 9.95. The molecule has 0 saturated carbocycles. The van der Waals surface area contributed by atoms with E-state index in [0.29, 0.717) is 26.1 Å². The Kier molecular flexibility index (Phi) is 6.86. The summed E-state index contributed by atoms with van der Waals surface area (Å²) >= 11 is 0. The van der Waals surface area contributed by atoms with Gasteiger partial charge in [-0.05, 0) is 31.4 Å². The number of amides is 2. The van der Waals surface area contributed by atoms with Crippen LogP contribution in [0.4, 0.5) is 4.79 Å². The van der Waals surface area contributed by atoms with Gasteiger partial charge in [-0.3, -0.25) is 14.6 Å². The molecule has 2 fully saturated rings. The van der Waals surface area contributed by atoms with E-state index in [-0.39, 0.29) is 5.91 Å². The van der Waals surface area contributed by atoms with E-state index in [9.17, 15) is 9.59 Å². The summed E-state index contributed by atoms with van der Waals surface area (Å²) in [6, 6.07) is 9.70. The van der Waals surface area contributed by atoms with Gasteiger partial charge in [-0.1, -0.05) is 18.2 Å². The van der Waals surface area contributed by atoms with Crippen LogP contribution in [0.25, 0.3) is 11.0 Å². The minimum absolute atomic E-state index is 0.120. The number of fused-ring (bicyclic) bond motifs is 1. The molecule has 0 spiro atoms. The number of piperazine rings is 1. The van der Waals surface area contributed by atoms with Crippen molar-refractivity contribution in [1.82, 2.24) is 20.4 Å². The molecule has 2 aliphatic heterocycles. The van der Waals surface area contributed by atoms with E-state index in [1.807, 2.05) is 18.2 Å². The molecule has 0 aliphatic carbocycles. The normalized spacial score (nSPS) is 21.2. The topological polar surface area (TPSA) is 87.0 Å². The van der Waals surface area contributed by atoms with E-state index >= 15 is 0 Å². The van der Waals surface area contributed by atoms with Crippen LogP contribution in [0.15, 0.2) is 34.7 Å². The van der Waals surface area contributed by atoms with Gasteiger partial charge in [0.25, 0.3) is 0 Å². The number of para-hydroxylation sites is 1. The Balaban J connectivity index is 1.13. The summed E-state index contributed by atoms with van der Waals surface area (Å²) in [7, 11) is 0. The Morgan fingerprint density at radius 1 is 1.17 bits per heavy atom. The van der Waals surface area contributed by atoms with Crippen LogP contribution in [0.2, 0.25) is 0 Å². The van der Waals surface area contributed by atoms with Gasteiger partial charge in [0.1, 0.15) is 24.0 Å². The maximum absolute atomic E-state index is 12.0. The lowest BCUT2D eigenvalue weighted by atomic mass is 10.1. The maximum atomic E-state index is 12.0. The average Bonchev–Trinajstić information content (AvgIpc) is 3.05. The Morgan fingerprint density at radius 2 is 1.97 bits per heavy atom. The Labute approximate surface area is 176 Å². The van der Waals surface area contributed by atoms with Crippen molar-refractivity contribution in [1.29, 1.82) is 0 Å². The fourth-order valence-corrected chi connectivity index (χ4v) is 4.03. The van der Waals surface area contributed by atoms with Gasteiger partial charge in [0.2, 0.25) is 5.91 Å². The van der Waals surface area contributed by atoms with E-state index < -0.39 is 12.1 Å². The van der Waals surface area contributed by atoms with Crippen molar-refractivity contribution in [2.45, 2.75) is 31.8 Å². The van der Waals surface area contributed by atoms with Crippen LogP contribution >= 0.6 is 0 Å². The van der Waals surface area contributed by atoms with Crippen molar-refractivity contribution >= 4 is 23.0 Å². The highest BCUT2D eigenvalue weighted by Gasteiger charge is 2.23. The summed E-state index contributed by atoms with van der Waals surface area (Å²) in [6.45, 7) is 6.26. The largest absolute Gasteiger partial charge is 0.460 e. The molecular formula is C22H30N4O4. The highest BCUT2D eigenvalue weighted by Crippen LogP contribution is 2.20. The zero-order valence-corrected chi connectivity index (χ0v) is 17.3. The van der Waals surface area contributed by atoms with Crippen molar-refractivity contribution in [3.63, 3.8) is 0 Å². The first-order valence-electron chi connectivity index (χ1n) is 10.8. The standard InChI is InChI=1S/C22H30N4O4/c27-21-19(6-3-4-8-23-21)24-22(28)29-14-13-25-9-11-26(12-10-25)16-18-15-17-5-1-2-7-20(17)30-18/h1-2,5,7,15,19H,3-4,6,8-14,16H2,(H,23,27)(H,24,28). The Morgan fingerprint density at radius 3 is 2.80 bits per heavy atom. The lowest BCUT2D eigenvalue weighted by Gasteiger charge is -2.34. The number of carbonyl (C=O) groups excluding carboxylic acids is 2. The van der Waals surface area contributed by atoms with Crippen molar-refractivity contribution in [3.8, 4) is 0 Å². The molecule has 0 bridgehead atoms. The van der Waals surface area contributed by atoms with Crippen molar-refractivity contribution in [2.24, 2.45) is 0 Å². The molecule has 30 heavy (non-hydrogen) atoms. The smallest absolute Gasteiger partial charge is 0.407 e. The van der Waals surface area contributed by atoms with E-state index in [1.165, 1.54) is 0 Å². The maximum Gasteiger partial charge on any atom is 0.407 e. The Bertz CT molecular complexity index is 827. The number of hydrogen-bond donors (Lipinski definition) is 2. The molecule has 3 heterocycles. The van der Waals surface area contributed by atoms with Gasteiger partial charge in [-0.2, -0.15) is 0 Å². The third kappa shape index (κ3) is 5.52. The van der Waals surface area contributed by atoms with Gasteiger partial charge in [-0.25, -0.2) is 4.79 Å². The summed E-state index contributed by atoms with van der Waals surface area (Å²) in [5.74, 6) is 0.872. The zero-order valence-electron chi connectivity index (χ0n) is 17.3. The summed E-state index contributed by atoms with van der Waals surface area (Å²) in [6.07, 6.45) is 2.01. The number of nitrogens with zero attached hydrogens (tertiary/aromatic N) is 2. The molecule has 1 aromatic heterocycles. The molecule has 8 nitrogen and oxygen atoms in total. The second-order valence-corrected chi connectivity index (χ2v) is 7.99. The molecule has 4 rings (SSSR count). The van der Waals surface area contributed by atoms with Crippen LogP contribution in [0.1, 0.15) is 25.0 Å². The number of nitrogens with one attached hydrogen (secondary N) is 2. The number of alkyl carbamates (subject to hydrolysis) is 1. The molecule has 0 radical (unpaired) electrons. The summed E-state index contributed by atoms with van der Waals surface area (Å²) < 4.78 is 11.2. The van der Waals surface area contributed by atoms with E-state index in [1.54, 1.807) is 0 Å². The first-order valence-corrected chi connectivity index (χ1v) is 10.8. The fraction of sp³-hybridized carbons (Fsp3) is 0.545. The minimum Gasteiger partial charge on any atom is -0.460 e. The second-order valence-electron chi connectivity index (χ2n) is 7.99. The van der Waals surface area contributed by atoms with Gasteiger partial charge in [0, 0.05) is 44.7 Å². The number of benzene rings is 1. The van der Waals surface area contributed by atoms with Gasteiger partial charge in [-0.15, -0.1) is 0 Å².